The molecule has 15 heavy (non-hydrogen) atoms. The highest BCUT2D eigenvalue weighted by atomic mass is 16.3. The zero-order chi connectivity index (χ0) is 10.8. The number of aliphatic hydroxyl groups excluding tert-OH is 1. The number of amides is 1. The summed E-state index contributed by atoms with van der Waals surface area (Å²) in [5.74, 6) is -0.0560. The molecule has 1 aromatic rings. The lowest BCUT2D eigenvalue weighted by atomic mass is 9.90. The molecule has 80 valence electrons. The Bertz CT molecular complexity index is 379. The van der Waals surface area contributed by atoms with E-state index in [-0.39, 0.29) is 11.9 Å². The van der Waals surface area contributed by atoms with Gasteiger partial charge in [0.1, 0.15) is 0 Å². The summed E-state index contributed by atoms with van der Waals surface area (Å²) in [5.41, 5.74) is 1.77. The Morgan fingerprint density at radius 3 is 3.20 bits per heavy atom. The van der Waals surface area contributed by atoms with Gasteiger partial charge in [-0.05, 0) is 24.5 Å². The molecule has 2 N–H and O–H groups in total. The maximum absolute atomic E-state index is 10.9. The van der Waals surface area contributed by atoms with Gasteiger partial charge in [-0.25, -0.2) is 0 Å². The molecule has 1 aliphatic carbocycles. The van der Waals surface area contributed by atoms with Crippen molar-refractivity contribution in [1.29, 1.82) is 0 Å². The van der Waals surface area contributed by atoms with Crippen LogP contribution in [-0.2, 0) is 11.2 Å². The highest BCUT2D eigenvalue weighted by Gasteiger charge is 2.26. The van der Waals surface area contributed by atoms with E-state index in [2.05, 4.69) is 10.3 Å². The highest BCUT2D eigenvalue weighted by molar-refractivity contribution is 5.73. The van der Waals surface area contributed by atoms with Crippen LogP contribution in [0.3, 0.4) is 0 Å². The fraction of sp³-hybridized carbons (Fsp3) is 0.455. The third-order valence-corrected chi connectivity index (χ3v) is 2.62. The van der Waals surface area contributed by atoms with E-state index in [1.165, 1.54) is 6.92 Å². The number of hydrogen-bond acceptors (Lipinski definition) is 3. The number of hydrogen-bond donors (Lipinski definition) is 2. The molecule has 0 radical (unpaired) electrons. The lowest BCUT2D eigenvalue weighted by Crippen LogP contribution is -2.39. The SMILES string of the molecule is CC(=O)NC1Cc2cccnc2C(O)C1. The number of carbonyl (C=O) groups is 1. The van der Waals surface area contributed by atoms with Crippen LogP contribution in [0.2, 0.25) is 0 Å². The van der Waals surface area contributed by atoms with Crippen LogP contribution in [0.1, 0.15) is 30.7 Å². The second-order valence-corrected chi connectivity index (χ2v) is 3.90. The predicted molar refractivity (Wildman–Crippen MR) is 55.1 cm³/mol. The van der Waals surface area contributed by atoms with Gasteiger partial charge in [0.25, 0.3) is 0 Å². The summed E-state index contributed by atoms with van der Waals surface area (Å²) >= 11 is 0. The van der Waals surface area contributed by atoms with E-state index < -0.39 is 6.10 Å². The molecule has 2 atom stereocenters. The molecule has 4 heteroatoms. The van der Waals surface area contributed by atoms with Crippen molar-refractivity contribution in [2.45, 2.75) is 31.9 Å². The third kappa shape index (κ3) is 2.15. The van der Waals surface area contributed by atoms with Crippen LogP contribution < -0.4 is 5.32 Å². The summed E-state index contributed by atoms with van der Waals surface area (Å²) in [6.45, 7) is 1.49. The summed E-state index contributed by atoms with van der Waals surface area (Å²) in [4.78, 5) is 15.1. The Hall–Kier alpha value is -1.42. The number of pyridine rings is 1. The minimum atomic E-state index is -0.563. The summed E-state index contributed by atoms with van der Waals surface area (Å²) in [6, 6.07) is 3.82. The van der Waals surface area contributed by atoms with E-state index in [1.807, 2.05) is 12.1 Å². The molecule has 1 amide bonds. The van der Waals surface area contributed by atoms with E-state index in [0.29, 0.717) is 6.42 Å². The largest absolute Gasteiger partial charge is 0.387 e. The maximum atomic E-state index is 10.9. The van der Waals surface area contributed by atoms with Crippen LogP contribution in [0.25, 0.3) is 0 Å². The lowest BCUT2D eigenvalue weighted by Gasteiger charge is -2.27. The first kappa shape index (κ1) is 10.1. The van der Waals surface area contributed by atoms with Crippen LogP contribution in [0.4, 0.5) is 0 Å². The number of nitrogens with one attached hydrogen (secondary N) is 1. The Morgan fingerprint density at radius 2 is 2.47 bits per heavy atom. The van der Waals surface area contributed by atoms with Crippen molar-refractivity contribution in [3.05, 3.63) is 29.6 Å². The first-order valence-corrected chi connectivity index (χ1v) is 5.06. The zero-order valence-corrected chi connectivity index (χ0v) is 8.60. The Labute approximate surface area is 88.3 Å². The lowest BCUT2D eigenvalue weighted by molar-refractivity contribution is -0.119. The molecule has 2 unspecified atom stereocenters. The average Bonchev–Trinajstić information content (AvgIpc) is 2.16. The molecule has 0 aromatic carbocycles. The fourth-order valence-electron chi connectivity index (χ4n) is 2.05. The zero-order valence-electron chi connectivity index (χ0n) is 8.60. The van der Waals surface area contributed by atoms with Gasteiger partial charge >= 0.3 is 0 Å². The van der Waals surface area contributed by atoms with E-state index in [0.717, 1.165) is 17.7 Å². The predicted octanol–water partition coefficient (Wildman–Crippen LogP) is 0.566. The van der Waals surface area contributed by atoms with E-state index in [1.54, 1.807) is 6.20 Å². The minimum absolute atomic E-state index is 0.0224. The molecular formula is C11H14N2O2. The summed E-state index contributed by atoms with van der Waals surface area (Å²) in [7, 11) is 0. The molecule has 0 bridgehead atoms. The van der Waals surface area contributed by atoms with Crippen LogP contribution in [0.5, 0.6) is 0 Å². The van der Waals surface area contributed by atoms with Crippen molar-refractivity contribution in [2.24, 2.45) is 0 Å². The van der Waals surface area contributed by atoms with Crippen LogP contribution >= 0.6 is 0 Å². The minimum Gasteiger partial charge on any atom is -0.387 e. The molecule has 2 rings (SSSR count). The smallest absolute Gasteiger partial charge is 0.217 e. The molecule has 1 heterocycles. The van der Waals surface area contributed by atoms with Crippen LogP contribution in [-0.4, -0.2) is 22.0 Å². The third-order valence-electron chi connectivity index (χ3n) is 2.62. The molecule has 0 spiro atoms. The fourth-order valence-corrected chi connectivity index (χ4v) is 2.05. The maximum Gasteiger partial charge on any atom is 0.217 e. The van der Waals surface area contributed by atoms with E-state index >= 15 is 0 Å². The number of fused-ring (bicyclic) bond motifs is 1. The second kappa shape index (κ2) is 3.98. The van der Waals surface area contributed by atoms with Gasteiger partial charge in [0.05, 0.1) is 11.8 Å². The van der Waals surface area contributed by atoms with Gasteiger partial charge in [-0.2, -0.15) is 0 Å². The average molecular weight is 206 g/mol. The van der Waals surface area contributed by atoms with Crippen molar-refractivity contribution in [2.75, 3.05) is 0 Å². The van der Waals surface area contributed by atoms with Crippen molar-refractivity contribution in [1.82, 2.24) is 10.3 Å². The van der Waals surface area contributed by atoms with E-state index in [4.69, 9.17) is 0 Å². The number of nitrogens with zero attached hydrogens (tertiary/aromatic N) is 1. The Kier molecular flexibility index (Phi) is 2.68. The van der Waals surface area contributed by atoms with Crippen molar-refractivity contribution < 1.29 is 9.90 Å². The summed E-state index contributed by atoms with van der Waals surface area (Å²) in [6.07, 6.45) is 2.41. The second-order valence-electron chi connectivity index (χ2n) is 3.90. The highest BCUT2D eigenvalue weighted by Crippen LogP contribution is 2.27. The Morgan fingerprint density at radius 1 is 1.67 bits per heavy atom. The quantitative estimate of drug-likeness (QED) is 0.706. The van der Waals surface area contributed by atoms with Gasteiger partial charge < -0.3 is 10.4 Å². The number of rotatable bonds is 1. The number of carbonyl (C=O) groups excluding carboxylic acids is 1. The topological polar surface area (TPSA) is 62.2 Å². The molecule has 4 nitrogen and oxygen atoms in total. The summed E-state index contributed by atoms with van der Waals surface area (Å²) < 4.78 is 0. The molecule has 1 aliphatic rings. The monoisotopic (exact) mass is 206 g/mol. The van der Waals surface area contributed by atoms with Gasteiger partial charge in [-0.3, -0.25) is 9.78 Å². The molecule has 0 saturated carbocycles. The molecule has 0 fully saturated rings. The van der Waals surface area contributed by atoms with Gasteiger partial charge in [-0.15, -0.1) is 0 Å². The molecule has 0 aliphatic heterocycles. The molecule has 0 saturated heterocycles. The Balaban J connectivity index is 2.19. The van der Waals surface area contributed by atoms with Gasteiger partial charge in [0.2, 0.25) is 5.91 Å². The van der Waals surface area contributed by atoms with Crippen LogP contribution in [0, 0.1) is 0 Å². The standard InChI is InChI=1S/C11H14N2O2/c1-7(14)13-9-5-8-3-2-4-12-11(8)10(15)6-9/h2-4,9-10,15H,5-6H2,1H3,(H,13,14). The normalized spacial score (nSPS) is 24.4. The van der Waals surface area contributed by atoms with Crippen LogP contribution in [0.15, 0.2) is 18.3 Å². The van der Waals surface area contributed by atoms with Crippen molar-refractivity contribution >= 4 is 5.91 Å². The number of aromatic nitrogens is 1. The van der Waals surface area contributed by atoms with Gasteiger partial charge in [0, 0.05) is 19.2 Å². The van der Waals surface area contributed by atoms with E-state index in [9.17, 15) is 9.90 Å². The molecule has 1 aromatic heterocycles. The van der Waals surface area contributed by atoms with Crippen molar-refractivity contribution in [3.63, 3.8) is 0 Å². The first-order chi connectivity index (χ1) is 7.16. The number of aliphatic hydroxyl groups is 1. The first-order valence-electron chi connectivity index (χ1n) is 5.06. The van der Waals surface area contributed by atoms with Gasteiger partial charge in [0.15, 0.2) is 0 Å². The van der Waals surface area contributed by atoms with Gasteiger partial charge in [-0.1, -0.05) is 6.07 Å². The van der Waals surface area contributed by atoms with Crippen molar-refractivity contribution in [3.8, 4) is 0 Å². The molecular weight excluding hydrogens is 192 g/mol. The summed E-state index contributed by atoms with van der Waals surface area (Å²) in [5, 5.41) is 12.7.